The molecule has 0 unspecified atom stereocenters. The van der Waals surface area contributed by atoms with Gasteiger partial charge in [0.1, 0.15) is 0 Å². The Morgan fingerprint density at radius 2 is 1.88 bits per heavy atom. The lowest BCUT2D eigenvalue weighted by Gasteiger charge is -2.07. The molecule has 0 bridgehead atoms. The molecule has 0 aliphatic heterocycles. The van der Waals surface area contributed by atoms with E-state index in [9.17, 15) is 0 Å². The minimum atomic E-state index is 0.704. The van der Waals surface area contributed by atoms with Crippen LogP contribution in [-0.4, -0.2) is 13.1 Å². The number of benzene rings is 1. The van der Waals surface area contributed by atoms with Crippen molar-refractivity contribution in [2.45, 2.75) is 20.3 Å². The van der Waals surface area contributed by atoms with E-state index in [2.05, 4.69) is 25.2 Å². The fraction of sp³-hybridized carbons (Fsp3) is 0.385. The van der Waals surface area contributed by atoms with Crippen molar-refractivity contribution >= 4 is 29.3 Å². The van der Waals surface area contributed by atoms with E-state index in [1.807, 2.05) is 18.2 Å². The molecule has 0 amide bonds. The van der Waals surface area contributed by atoms with Gasteiger partial charge in [-0.2, -0.15) is 0 Å². The molecule has 3 heteroatoms. The highest BCUT2D eigenvalue weighted by atomic mass is 35.5. The van der Waals surface area contributed by atoms with Crippen molar-refractivity contribution in [3.8, 4) is 0 Å². The quantitative estimate of drug-likeness (QED) is 0.825. The molecule has 0 atom stereocenters. The second kappa shape index (κ2) is 6.95. The SMILES string of the molecule is CCNCC(=Cc1c(Cl)cccc1Cl)CC. The lowest BCUT2D eigenvalue weighted by molar-refractivity contribution is 0.762. The highest BCUT2D eigenvalue weighted by molar-refractivity contribution is 6.37. The van der Waals surface area contributed by atoms with E-state index in [1.54, 1.807) is 0 Å². The second-order valence-corrected chi connectivity index (χ2v) is 4.39. The van der Waals surface area contributed by atoms with E-state index < -0.39 is 0 Å². The van der Waals surface area contributed by atoms with Crippen LogP contribution in [-0.2, 0) is 0 Å². The zero-order valence-electron chi connectivity index (χ0n) is 9.69. The number of likely N-dealkylation sites (N-methyl/N-ethyl adjacent to an activating group) is 1. The van der Waals surface area contributed by atoms with Crippen molar-refractivity contribution in [3.63, 3.8) is 0 Å². The van der Waals surface area contributed by atoms with Gasteiger partial charge in [0, 0.05) is 22.2 Å². The molecule has 0 saturated heterocycles. The number of hydrogen-bond donors (Lipinski definition) is 1. The van der Waals surface area contributed by atoms with Crippen LogP contribution < -0.4 is 5.32 Å². The predicted octanol–water partition coefficient (Wildman–Crippen LogP) is 4.40. The van der Waals surface area contributed by atoms with Crippen LogP contribution >= 0.6 is 23.2 Å². The van der Waals surface area contributed by atoms with Crippen molar-refractivity contribution < 1.29 is 0 Å². The van der Waals surface area contributed by atoms with Gasteiger partial charge in [0.25, 0.3) is 0 Å². The molecule has 0 radical (unpaired) electrons. The summed E-state index contributed by atoms with van der Waals surface area (Å²) in [6.45, 7) is 6.08. The Hall–Kier alpha value is -0.500. The first-order valence-electron chi connectivity index (χ1n) is 5.53. The second-order valence-electron chi connectivity index (χ2n) is 3.57. The zero-order chi connectivity index (χ0) is 12.0. The number of halogens is 2. The molecule has 0 heterocycles. The van der Waals surface area contributed by atoms with Gasteiger partial charge in [-0.15, -0.1) is 0 Å². The summed E-state index contributed by atoms with van der Waals surface area (Å²) in [5.74, 6) is 0. The Morgan fingerprint density at radius 3 is 2.38 bits per heavy atom. The summed E-state index contributed by atoms with van der Waals surface area (Å²) in [5, 5.41) is 4.71. The third kappa shape index (κ3) is 3.82. The van der Waals surface area contributed by atoms with Crippen LogP contribution in [0.15, 0.2) is 23.8 Å². The van der Waals surface area contributed by atoms with Crippen LogP contribution in [0.4, 0.5) is 0 Å². The molecular formula is C13H17Cl2N. The summed E-state index contributed by atoms with van der Waals surface area (Å²) in [6.07, 6.45) is 3.07. The molecule has 0 spiro atoms. The van der Waals surface area contributed by atoms with Crippen molar-refractivity contribution in [2.24, 2.45) is 0 Å². The number of rotatable bonds is 5. The van der Waals surface area contributed by atoms with Gasteiger partial charge in [-0.3, -0.25) is 0 Å². The first-order valence-corrected chi connectivity index (χ1v) is 6.28. The van der Waals surface area contributed by atoms with Crippen LogP contribution in [0.25, 0.3) is 6.08 Å². The van der Waals surface area contributed by atoms with E-state index >= 15 is 0 Å². The van der Waals surface area contributed by atoms with E-state index in [0.29, 0.717) is 10.0 Å². The smallest absolute Gasteiger partial charge is 0.0493 e. The molecule has 0 aliphatic carbocycles. The molecule has 1 nitrogen and oxygen atoms in total. The molecule has 0 fully saturated rings. The topological polar surface area (TPSA) is 12.0 Å². The fourth-order valence-electron chi connectivity index (χ4n) is 1.42. The van der Waals surface area contributed by atoms with Gasteiger partial charge >= 0.3 is 0 Å². The summed E-state index contributed by atoms with van der Waals surface area (Å²) in [7, 11) is 0. The standard InChI is InChI=1S/C13H17Cl2N/c1-3-10(9-16-4-2)8-11-12(14)6-5-7-13(11)15/h5-8,16H,3-4,9H2,1-2H3. The molecule has 0 saturated carbocycles. The molecule has 1 rings (SSSR count). The van der Waals surface area contributed by atoms with E-state index in [-0.39, 0.29) is 0 Å². The Kier molecular flexibility index (Phi) is 5.89. The van der Waals surface area contributed by atoms with Crippen molar-refractivity contribution in [3.05, 3.63) is 39.4 Å². The summed E-state index contributed by atoms with van der Waals surface area (Å²) in [5.41, 5.74) is 2.22. The molecule has 1 N–H and O–H groups in total. The van der Waals surface area contributed by atoms with E-state index in [0.717, 1.165) is 25.1 Å². The van der Waals surface area contributed by atoms with Crippen molar-refractivity contribution in [1.29, 1.82) is 0 Å². The highest BCUT2D eigenvalue weighted by Crippen LogP contribution is 2.26. The van der Waals surface area contributed by atoms with Gasteiger partial charge in [0.15, 0.2) is 0 Å². The van der Waals surface area contributed by atoms with Crippen molar-refractivity contribution in [2.75, 3.05) is 13.1 Å². The van der Waals surface area contributed by atoms with Gasteiger partial charge < -0.3 is 5.32 Å². The Labute approximate surface area is 107 Å². The first kappa shape index (κ1) is 13.6. The Morgan fingerprint density at radius 1 is 1.25 bits per heavy atom. The Bertz CT molecular complexity index is 352. The zero-order valence-corrected chi connectivity index (χ0v) is 11.2. The molecule has 0 aromatic heterocycles. The Balaban J connectivity index is 2.94. The maximum absolute atomic E-state index is 6.12. The average Bonchev–Trinajstić information content (AvgIpc) is 2.28. The van der Waals surface area contributed by atoms with Gasteiger partial charge in [-0.1, -0.05) is 54.8 Å². The highest BCUT2D eigenvalue weighted by Gasteiger charge is 2.03. The molecule has 16 heavy (non-hydrogen) atoms. The fourth-order valence-corrected chi connectivity index (χ4v) is 1.92. The van der Waals surface area contributed by atoms with Crippen LogP contribution in [0, 0.1) is 0 Å². The molecule has 88 valence electrons. The molecule has 1 aromatic rings. The van der Waals surface area contributed by atoms with Gasteiger partial charge in [0.2, 0.25) is 0 Å². The summed E-state index contributed by atoms with van der Waals surface area (Å²) in [6, 6.07) is 5.58. The summed E-state index contributed by atoms with van der Waals surface area (Å²) in [4.78, 5) is 0. The average molecular weight is 258 g/mol. The third-order valence-electron chi connectivity index (χ3n) is 2.40. The van der Waals surface area contributed by atoms with Gasteiger partial charge in [0.05, 0.1) is 0 Å². The monoisotopic (exact) mass is 257 g/mol. The number of nitrogens with one attached hydrogen (secondary N) is 1. The molecular weight excluding hydrogens is 241 g/mol. The third-order valence-corrected chi connectivity index (χ3v) is 3.06. The number of hydrogen-bond acceptors (Lipinski definition) is 1. The molecule has 1 aromatic carbocycles. The van der Waals surface area contributed by atoms with E-state index in [4.69, 9.17) is 23.2 Å². The van der Waals surface area contributed by atoms with Crippen LogP contribution in [0.5, 0.6) is 0 Å². The lowest BCUT2D eigenvalue weighted by atomic mass is 10.1. The van der Waals surface area contributed by atoms with Crippen molar-refractivity contribution in [1.82, 2.24) is 5.32 Å². The van der Waals surface area contributed by atoms with Gasteiger partial charge in [-0.05, 0) is 25.1 Å². The summed E-state index contributed by atoms with van der Waals surface area (Å²) >= 11 is 12.2. The van der Waals surface area contributed by atoms with E-state index in [1.165, 1.54) is 5.57 Å². The van der Waals surface area contributed by atoms with Crippen LogP contribution in [0.2, 0.25) is 10.0 Å². The minimum absolute atomic E-state index is 0.704. The maximum Gasteiger partial charge on any atom is 0.0493 e. The molecule has 0 aliphatic rings. The van der Waals surface area contributed by atoms with Crippen LogP contribution in [0.1, 0.15) is 25.8 Å². The minimum Gasteiger partial charge on any atom is -0.313 e. The summed E-state index contributed by atoms with van der Waals surface area (Å²) < 4.78 is 0. The lowest BCUT2D eigenvalue weighted by Crippen LogP contribution is -2.15. The largest absolute Gasteiger partial charge is 0.313 e. The van der Waals surface area contributed by atoms with Crippen LogP contribution in [0.3, 0.4) is 0 Å². The first-order chi connectivity index (χ1) is 7.69. The predicted molar refractivity (Wildman–Crippen MR) is 73.3 cm³/mol. The maximum atomic E-state index is 6.12. The normalized spacial score (nSPS) is 11.9. The van der Waals surface area contributed by atoms with Gasteiger partial charge in [-0.25, -0.2) is 0 Å².